The van der Waals surface area contributed by atoms with E-state index in [1.165, 1.54) is 31.2 Å². The van der Waals surface area contributed by atoms with Crippen LogP contribution in [0.1, 0.15) is 44.2 Å². The van der Waals surface area contributed by atoms with Gasteiger partial charge < -0.3 is 5.32 Å². The average Bonchev–Trinajstić information content (AvgIpc) is 2.76. The van der Waals surface area contributed by atoms with E-state index in [4.69, 9.17) is 11.6 Å². The van der Waals surface area contributed by atoms with Crippen LogP contribution in [0.3, 0.4) is 0 Å². The van der Waals surface area contributed by atoms with Crippen molar-refractivity contribution in [3.8, 4) is 0 Å². The summed E-state index contributed by atoms with van der Waals surface area (Å²) in [4.78, 5) is 2.54. The van der Waals surface area contributed by atoms with Crippen molar-refractivity contribution in [2.75, 3.05) is 7.05 Å². The van der Waals surface area contributed by atoms with Crippen LogP contribution in [0, 0.1) is 0 Å². The SMILES string of the molecule is CC(c1cccc(Cl)c1)N(C)C1CC2CCC(C1)N2. The quantitative estimate of drug-likeness (QED) is 0.909. The number of fused-ring (bicyclic) bond motifs is 2. The maximum absolute atomic E-state index is 6.11. The summed E-state index contributed by atoms with van der Waals surface area (Å²) in [5.74, 6) is 0. The van der Waals surface area contributed by atoms with Crippen molar-refractivity contribution < 1.29 is 0 Å². The molecule has 2 nitrogen and oxygen atoms in total. The molecule has 3 unspecified atom stereocenters. The zero-order valence-corrected chi connectivity index (χ0v) is 12.5. The Bertz CT molecular complexity index is 436. The van der Waals surface area contributed by atoms with Crippen LogP contribution in [0.15, 0.2) is 24.3 Å². The molecule has 2 aliphatic heterocycles. The van der Waals surface area contributed by atoms with E-state index in [9.17, 15) is 0 Å². The maximum Gasteiger partial charge on any atom is 0.0409 e. The van der Waals surface area contributed by atoms with Gasteiger partial charge in [-0.2, -0.15) is 0 Å². The molecular weight excluding hydrogens is 256 g/mol. The van der Waals surface area contributed by atoms with Gasteiger partial charge >= 0.3 is 0 Å². The Kier molecular flexibility index (Phi) is 3.84. The topological polar surface area (TPSA) is 15.3 Å². The Morgan fingerprint density at radius 1 is 1.26 bits per heavy atom. The highest BCUT2D eigenvalue weighted by Crippen LogP contribution is 2.33. The summed E-state index contributed by atoms with van der Waals surface area (Å²) < 4.78 is 0. The molecule has 0 saturated carbocycles. The molecule has 3 rings (SSSR count). The number of hydrogen-bond donors (Lipinski definition) is 1. The minimum atomic E-state index is 0.432. The van der Waals surface area contributed by atoms with E-state index in [0.29, 0.717) is 12.1 Å². The molecule has 0 aliphatic carbocycles. The van der Waals surface area contributed by atoms with E-state index in [1.807, 2.05) is 12.1 Å². The lowest BCUT2D eigenvalue weighted by molar-refractivity contribution is 0.132. The van der Waals surface area contributed by atoms with Crippen molar-refractivity contribution in [2.24, 2.45) is 0 Å². The number of piperidine rings is 1. The predicted molar refractivity (Wildman–Crippen MR) is 80.6 cm³/mol. The van der Waals surface area contributed by atoms with Crippen molar-refractivity contribution in [2.45, 2.75) is 56.8 Å². The first-order valence-corrected chi connectivity index (χ1v) is 7.74. The molecule has 2 heterocycles. The lowest BCUT2D eigenvalue weighted by atomic mass is 9.96. The molecule has 2 saturated heterocycles. The number of hydrogen-bond acceptors (Lipinski definition) is 2. The van der Waals surface area contributed by atoms with Crippen LogP contribution in [0.5, 0.6) is 0 Å². The van der Waals surface area contributed by atoms with E-state index in [2.05, 4.69) is 36.3 Å². The Morgan fingerprint density at radius 2 is 1.95 bits per heavy atom. The summed E-state index contributed by atoms with van der Waals surface area (Å²) in [5, 5.41) is 4.55. The summed E-state index contributed by atoms with van der Waals surface area (Å²) in [6.07, 6.45) is 5.30. The highest BCUT2D eigenvalue weighted by molar-refractivity contribution is 6.30. The van der Waals surface area contributed by atoms with Crippen molar-refractivity contribution in [1.29, 1.82) is 0 Å². The summed E-state index contributed by atoms with van der Waals surface area (Å²) in [7, 11) is 2.26. The highest BCUT2D eigenvalue weighted by Gasteiger charge is 2.36. The third-order valence-corrected chi connectivity index (χ3v) is 5.20. The van der Waals surface area contributed by atoms with Gasteiger partial charge in [0.15, 0.2) is 0 Å². The van der Waals surface area contributed by atoms with Crippen LogP contribution in [-0.4, -0.2) is 30.1 Å². The number of benzene rings is 1. The smallest absolute Gasteiger partial charge is 0.0409 e. The summed E-state index contributed by atoms with van der Waals surface area (Å²) in [5.41, 5.74) is 1.32. The Balaban J connectivity index is 1.71. The van der Waals surface area contributed by atoms with Gasteiger partial charge in [-0.25, -0.2) is 0 Å². The average molecular weight is 279 g/mol. The monoisotopic (exact) mass is 278 g/mol. The van der Waals surface area contributed by atoms with Crippen LogP contribution < -0.4 is 5.32 Å². The fraction of sp³-hybridized carbons (Fsp3) is 0.625. The standard InChI is InChI=1S/C16H23ClN2/c1-11(12-4-3-5-13(17)8-12)19(2)16-9-14-6-7-15(10-16)18-14/h3-5,8,11,14-16,18H,6-7,9-10H2,1-2H3. The van der Waals surface area contributed by atoms with Crippen LogP contribution >= 0.6 is 11.6 Å². The first-order valence-electron chi connectivity index (χ1n) is 7.37. The summed E-state index contributed by atoms with van der Waals surface area (Å²) in [6, 6.07) is 10.9. The second-order valence-electron chi connectivity index (χ2n) is 6.16. The van der Waals surface area contributed by atoms with E-state index in [1.54, 1.807) is 0 Å². The molecule has 2 fully saturated rings. The minimum Gasteiger partial charge on any atom is -0.311 e. The fourth-order valence-corrected chi connectivity index (χ4v) is 3.88. The van der Waals surface area contributed by atoms with Crippen LogP contribution in [0.4, 0.5) is 0 Å². The highest BCUT2D eigenvalue weighted by atomic mass is 35.5. The second-order valence-corrected chi connectivity index (χ2v) is 6.60. The molecule has 19 heavy (non-hydrogen) atoms. The Labute approximate surface area is 121 Å². The van der Waals surface area contributed by atoms with Gasteiger partial charge in [-0.1, -0.05) is 23.7 Å². The van der Waals surface area contributed by atoms with Gasteiger partial charge in [0, 0.05) is 29.2 Å². The molecule has 0 spiro atoms. The third-order valence-electron chi connectivity index (χ3n) is 4.97. The van der Waals surface area contributed by atoms with Crippen molar-refractivity contribution in [1.82, 2.24) is 10.2 Å². The van der Waals surface area contributed by atoms with Crippen LogP contribution in [0.2, 0.25) is 5.02 Å². The van der Waals surface area contributed by atoms with Crippen molar-refractivity contribution in [3.63, 3.8) is 0 Å². The molecule has 104 valence electrons. The molecule has 0 radical (unpaired) electrons. The lowest BCUT2D eigenvalue weighted by Crippen LogP contribution is -2.47. The molecule has 2 bridgehead atoms. The number of nitrogens with zero attached hydrogens (tertiary/aromatic N) is 1. The zero-order chi connectivity index (χ0) is 13.4. The molecular formula is C16H23ClN2. The molecule has 1 aromatic rings. The van der Waals surface area contributed by atoms with Gasteiger partial charge in [0.2, 0.25) is 0 Å². The minimum absolute atomic E-state index is 0.432. The van der Waals surface area contributed by atoms with Gasteiger partial charge in [-0.15, -0.1) is 0 Å². The molecule has 3 atom stereocenters. The number of nitrogens with one attached hydrogen (secondary N) is 1. The van der Waals surface area contributed by atoms with E-state index >= 15 is 0 Å². The van der Waals surface area contributed by atoms with E-state index in [-0.39, 0.29) is 0 Å². The summed E-state index contributed by atoms with van der Waals surface area (Å²) in [6.45, 7) is 2.29. The van der Waals surface area contributed by atoms with Gasteiger partial charge in [-0.3, -0.25) is 4.90 Å². The van der Waals surface area contributed by atoms with Gasteiger partial charge in [-0.05, 0) is 57.4 Å². The maximum atomic E-state index is 6.11. The molecule has 0 aromatic heterocycles. The fourth-order valence-electron chi connectivity index (χ4n) is 3.68. The van der Waals surface area contributed by atoms with Crippen molar-refractivity contribution in [3.05, 3.63) is 34.9 Å². The largest absolute Gasteiger partial charge is 0.311 e. The van der Waals surface area contributed by atoms with E-state index in [0.717, 1.165) is 17.1 Å². The van der Waals surface area contributed by atoms with E-state index < -0.39 is 0 Å². The lowest BCUT2D eigenvalue weighted by Gasteiger charge is -2.39. The van der Waals surface area contributed by atoms with Gasteiger partial charge in [0.05, 0.1) is 0 Å². The van der Waals surface area contributed by atoms with Gasteiger partial charge in [0.1, 0.15) is 0 Å². The first kappa shape index (κ1) is 13.4. The molecule has 0 amide bonds. The predicted octanol–water partition coefficient (Wildman–Crippen LogP) is 3.62. The second kappa shape index (κ2) is 5.43. The number of halogens is 1. The number of rotatable bonds is 3. The van der Waals surface area contributed by atoms with Crippen molar-refractivity contribution >= 4 is 11.6 Å². The van der Waals surface area contributed by atoms with Crippen LogP contribution in [0.25, 0.3) is 0 Å². The zero-order valence-electron chi connectivity index (χ0n) is 11.8. The van der Waals surface area contributed by atoms with Gasteiger partial charge in [0.25, 0.3) is 0 Å². The molecule has 1 N–H and O–H groups in total. The Hall–Kier alpha value is -0.570. The molecule has 2 aliphatic rings. The van der Waals surface area contributed by atoms with Crippen LogP contribution in [-0.2, 0) is 0 Å². The first-order chi connectivity index (χ1) is 9.13. The normalized spacial score (nSPS) is 31.7. The summed E-state index contributed by atoms with van der Waals surface area (Å²) >= 11 is 6.11. The molecule has 3 heteroatoms. The Morgan fingerprint density at radius 3 is 2.58 bits per heavy atom. The molecule has 1 aromatic carbocycles. The third kappa shape index (κ3) is 2.81.